The molecule has 0 spiro atoms. The first-order chi connectivity index (χ1) is 21.2. The number of rotatable bonds is 12. The number of hydrazine groups is 1. The largest absolute Gasteiger partial charge is 0.486 e. The smallest absolute Gasteiger partial charge is 0.255 e. The van der Waals surface area contributed by atoms with Crippen LogP contribution in [-0.4, -0.2) is 85.7 Å². The van der Waals surface area contributed by atoms with E-state index in [1.807, 2.05) is 65.0 Å². The third kappa shape index (κ3) is 9.41. The predicted molar refractivity (Wildman–Crippen MR) is 171 cm³/mol. The molecule has 248 valence electrons. The number of ether oxygens (including phenoxy) is 2. The van der Waals surface area contributed by atoms with Crippen LogP contribution in [0.3, 0.4) is 0 Å². The third-order valence-electron chi connectivity index (χ3n) is 7.73. The van der Waals surface area contributed by atoms with Crippen molar-refractivity contribution >= 4 is 21.8 Å². The molecule has 0 saturated carbocycles. The van der Waals surface area contributed by atoms with Gasteiger partial charge in [0.25, 0.3) is 5.91 Å². The van der Waals surface area contributed by atoms with Gasteiger partial charge in [-0.3, -0.25) is 15.0 Å². The maximum Gasteiger partial charge on any atom is 0.255 e. The molecule has 1 unspecified atom stereocenters. The standard InChI is InChI=1S/C33H48N4O7S/c1-23(2)21-36(45(41,42)25-13-14-29-30(19-25)44-17-16-43-29)22-28(38)27(18-24-10-7-6-8-11-24)37(31(39)20-33(3,4)5)35-32(40)26-12-9-15-34-26/h6-8,10-11,13-14,19,23,26-28,34,38H,9,12,15-18,20-22H2,1-5H3,(H,35,40)/t26?,27-,28+/m0/s1. The second kappa shape index (κ2) is 14.9. The molecule has 0 bridgehead atoms. The summed E-state index contributed by atoms with van der Waals surface area (Å²) >= 11 is 0. The zero-order valence-corrected chi connectivity index (χ0v) is 27.8. The Bertz CT molecular complexity index is 1410. The number of fused-ring (bicyclic) bond motifs is 1. The van der Waals surface area contributed by atoms with E-state index in [2.05, 4.69) is 10.7 Å². The first kappa shape index (κ1) is 34.7. The molecule has 1 saturated heterocycles. The van der Waals surface area contributed by atoms with Crippen molar-refractivity contribution in [2.75, 3.05) is 32.8 Å². The summed E-state index contributed by atoms with van der Waals surface area (Å²) in [6, 6.07) is 12.4. The monoisotopic (exact) mass is 644 g/mol. The van der Waals surface area contributed by atoms with Gasteiger partial charge in [0.2, 0.25) is 15.9 Å². The van der Waals surface area contributed by atoms with Gasteiger partial charge in [-0.05, 0) is 54.8 Å². The third-order valence-corrected chi connectivity index (χ3v) is 9.56. The topological polar surface area (TPSA) is 138 Å². The van der Waals surface area contributed by atoms with Crippen LogP contribution in [0.1, 0.15) is 59.4 Å². The highest BCUT2D eigenvalue weighted by Crippen LogP contribution is 2.33. The molecule has 2 amide bonds. The molecular formula is C33H48N4O7S. The number of aliphatic hydroxyl groups excluding tert-OH is 1. The summed E-state index contributed by atoms with van der Waals surface area (Å²) < 4.78 is 40.6. The van der Waals surface area contributed by atoms with Gasteiger partial charge in [0.05, 0.1) is 23.1 Å². The van der Waals surface area contributed by atoms with Crippen molar-refractivity contribution in [3.8, 4) is 11.5 Å². The molecule has 2 aromatic rings. The van der Waals surface area contributed by atoms with E-state index in [1.54, 1.807) is 6.07 Å². The van der Waals surface area contributed by atoms with Gasteiger partial charge in [0, 0.05) is 25.6 Å². The highest BCUT2D eigenvalue weighted by Gasteiger charge is 2.38. The Balaban J connectivity index is 1.69. The number of hydrogen-bond acceptors (Lipinski definition) is 8. The molecule has 12 heteroatoms. The van der Waals surface area contributed by atoms with Crippen LogP contribution in [0.5, 0.6) is 11.5 Å². The number of amides is 2. The van der Waals surface area contributed by atoms with Gasteiger partial charge in [-0.1, -0.05) is 65.0 Å². The van der Waals surface area contributed by atoms with Crippen LogP contribution in [0.2, 0.25) is 0 Å². The van der Waals surface area contributed by atoms with Crippen LogP contribution >= 0.6 is 0 Å². The zero-order valence-electron chi connectivity index (χ0n) is 27.0. The highest BCUT2D eigenvalue weighted by atomic mass is 32.2. The molecule has 45 heavy (non-hydrogen) atoms. The normalized spacial score (nSPS) is 18.1. The first-order valence-corrected chi connectivity index (χ1v) is 17.2. The Labute approximate surface area is 267 Å². The maximum atomic E-state index is 14.1. The number of nitrogens with zero attached hydrogens (tertiary/aromatic N) is 2. The first-order valence-electron chi connectivity index (χ1n) is 15.7. The van der Waals surface area contributed by atoms with Gasteiger partial charge in [-0.15, -0.1) is 0 Å². The van der Waals surface area contributed by atoms with Crippen molar-refractivity contribution in [1.82, 2.24) is 20.1 Å². The van der Waals surface area contributed by atoms with E-state index in [0.717, 1.165) is 12.0 Å². The van der Waals surface area contributed by atoms with Gasteiger partial charge in [0.15, 0.2) is 11.5 Å². The van der Waals surface area contributed by atoms with Gasteiger partial charge < -0.3 is 19.9 Å². The van der Waals surface area contributed by atoms with E-state index in [0.29, 0.717) is 37.7 Å². The number of benzene rings is 2. The molecule has 2 aromatic carbocycles. The lowest BCUT2D eigenvalue weighted by molar-refractivity contribution is -0.150. The number of carbonyl (C=O) groups is 2. The van der Waals surface area contributed by atoms with Crippen molar-refractivity contribution < 1.29 is 32.6 Å². The summed E-state index contributed by atoms with van der Waals surface area (Å²) in [6.45, 7) is 10.8. The number of nitrogens with one attached hydrogen (secondary N) is 2. The molecular weight excluding hydrogens is 596 g/mol. The van der Waals surface area contributed by atoms with Gasteiger partial charge in [-0.25, -0.2) is 13.4 Å². The summed E-state index contributed by atoms with van der Waals surface area (Å²) in [5.74, 6) is 0.0287. The van der Waals surface area contributed by atoms with E-state index in [9.17, 15) is 23.1 Å². The fraction of sp³-hybridized carbons (Fsp3) is 0.576. The van der Waals surface area contributed by atoms with Crippen molar-refractivity contribution in [1.29, 1.82) is 0 Å². The minimum absolute atomic E-state index is 0.0143. The van der Waals surface area contributed by atoms with E-state index in [-0.39, 0.29) is 48.6 Å². The summed E-state index contributed by atoms with van der Waals surface area (Å²) in [7, 11) is -4.10. The van der Waals surface area contributed by atoms with E-state index < -0.39 is 33.6 Å². The second-order valence-electron chi connectivity index (χ2n) is 13.5. The Morgan fingerprint density at radius 1 is 1.04 bits per heavy atom. The van der Waals surface area contributed by atoms with Crippen molar-refractivity contribution in [3.63, 3.8) is 0 Å². The minimum Gasteiger partial charge on any atom is -0.486 e. The average Bonchev–Trinajstić information content (AvgIpc) is 3.53. The molecule has 1 fully saturated rings. The molecule has 2 aliphatic heterocycles. The quantitative estimate of drug-likeness (QED) is 0.300. The van der Waals surface area contributed by atoms with Crippen LogP contribution in [0.15, 0.2) is 53.4 Å². The Morgan fingerprint density at radius 3 is 2.36 bits per heavy atom. The van der Waals surface area contributed by atoms with Gasteiger partial charge in [-0.2, -0.15) is 4.31 Å². The molecule has 4 rings (SSSR count). The van der Waals surface area contributed by atoms with Crippen LogP contribution in [-0.2, 0) is 26.0 Å². The highest BCUT2D eigenvalue weighted by molar-refractivity contribution is 7.89. The molecule has 0 radical (unpaired) electrons. The molecule has 0 aliphatic carbocycles. The molecule has 3 atom stereocenters. The molecule has 0 aromatic heterocycles. The zero-order chi connectivity index (χ0) is 32.8. The van der Waals surface area contributed by atoms with E-state index in [1.165, 1.54) is 21.4 Å². The van der Waals surface area contributed by atoms with Crippen molar-refractivity contribution in [2.45, 2.75) is 83.4 Å². The van der Waals surface area contributed by atoms with Crippen LogP contribution in [0.4, 0.5) is 0 Å². The number of carbonyl (C=O) groups excluding carboxylic acids is 2. The predicted octanol–water partition coefficient (Wildman–Crippen LogP) is 3.12. The van der Waals surface area contributed by atoms with Crippen LogP contribution in [0.25, 0.3) is 0 Å². The summed E-state index contributed by atoms with van der Waals surface area (Å²) in [4.78, 5) is 27.3. The van der Waals surface area contributed by atoms with Gasteiger partial charge >= 0.3 is 0 Å². The van der Waals surface area contributed by atoms with Crippen LogP contribution < -0.4 is 20.2 Å². The molecule has 3 N–H and O–H groups in total. The summed E-state index contributed by atoms with van der Waals surface area (Å²) in [6.07, 6.45) is 0.419. The molecule has 11 nitrogen and oxygen atoms in total. The Kier molecular flexibility index (Phi) is 11.5. The molecule has 2 aliphatic rings. The van der Waals surface area contributed by atoms with Crippen molar-refractivity contribution in [3.05, 3.63) is 54.1 Å². The van der Waals surface area contributed by atoms with E-state index in [4.69, 9.17) is 9.47 Å². The fourth-order valence-electron chi connectivity index (χ4n) is 5.57. The lowest BCUT2D eigenvalue weighted by atomic mass is 9.91. The SMILES string of the molecule is CC(C)CN(C[C@@H](O)[C@H](Cc1ccccc1)N(NC(=O)C1CCCN1)C(=O)CC(C)(C)C)S(=O)(=O)c1ccc2c(c1)OCCO2. The second-order valence-corrected chi connectivity index (χ2v) is 15.4. The lowest BCUT2D eigenvalue weighted by Crippen LogP contribution is -2.61. The summed E-state index contributed by atoms with van der Waals surface area (Å²) in [5, 5.41) is 16.3. The van der Waals surface area contributed by atoms with E-state index >= 15 is 0 Å². The lowest BCUT2D eigenvalue weighted by Gasteiger charge is -2.38. The average molecular weight is 645 g/mol. The number of hydrogen-bond donors (Lipinski definition) is 3. The Hall–Kier alpha value is -3.19. The Morgan fingerprint density at radius 2 is 1.73 bits per heavy atom. The molecule has 2 heterocycles. The number of aliphatic hydroxyl groups is 1. The van der Waals surface area contributed by atoms with Gasteiger partial charge in [0.1, 0.15) is 13.2 Å². The van der Waals surface area contributed by atoms with Crippen molar-refractivity contribution in [2.24, 2.45) is 11.3 Å². The summed E-state index contributed by atoms with van der Waals surface area (Å²) in [5.41, 5.74) is 3.25. The van der Waals surface area contributed by atoms with Crippen LogP contribution in [0, 0.1) is 11.3 Å². The number of sulfonamides is 1. The maximum absolute atomic E-state index is 14.1. The fourth-order valence-corrected chi connectivity index (χ4v) is 7.21. The minimum atomic E-state index is -4.10.